The fourth-order valence-electron chi connectivity index (χ4n) is 1.82. The van der Waals surface area contributed by atoms with E-state index in [0.29, 0.717) is 25.8 Å². The van der Waals surface area contributed by atoms with Crippen molar-refractivity contribution in [3.05, 3.63) is 0 Å². The quantitative estimate of drug-likeness (QED) is 0.672. The maximum Gasteiger partial charge on any atom is 0.229 e. The molecule has 0 spiro atoms. The van der Waals surface area contributed by atoms with Gasteiger partial charge in [0, 0.05) is 19.4 Å². The number of nitrogens with two attached hydrogens (primary N) is 1. The first kappa shape index (κ1) is 11.2. The lowest BCUT2D eigenvalue weighted by Crippen LogP contribution is -2.52. The number of rotatable bonds is 3. The summed E-state index contributed by atoms with van der Waals surface area (Å²) in [6.07, 6.45) is 1.65. The summed E-state index contributed by atoms with van der Waals surface area (Å²) in [4.78, 5) is 24.5. The zero-order valence-electron chi connectivity index (χ0n) is 8.82. The SMILES string of the molecule is CC(C)C(CN)N1C(=O)CCCC1=O. The lowest BCUT2D eigenvalue weighted by Gasteiger charge is -2.34. The van der Waals surface area contributed by atoms with Crippen LogP contribution < -0.4 is 5.73 Å². The molecule has 4 heteroatoms. The van der Waals surface area contributed by atoms with Crippen molar-refractivity contribution >= 4 is 11.8 Å². The third-order valence-corrected chi connectivity index (χ3v) is 2.66. The van der Waals surface area contributed by atoms with Crippen LogP contribution in [0.4, 0.5) is 0 Å². The van der Waals surface area contributed by atoms with Crippen molar-refractivity contribution in [2.75, 3.05) is 6.54 Å². The molecule has 0 aromatic heterocycles. The Hall–Kier alpha value is -0.900. The maximum absolute atomic E-state index is 11.6. The first-order chi connectivity index (χ1) is 6.57. The van der Waals surface area contributed by atoms with Gasteiger partial charge in [-0.05, 0) is 12.3 Å². The van der Waals surface area contributed by atoms with Gasteiger partial charge in [-0.2, -0.15) is 0 Å². The molecule has 2 N–H and O–H groups in total. The molecule has 0 aliphatic carbocycles. The van der Waals surface area contributed by atoms with Crippen LogP contribution in [-0.4, -0.2) is 29.3 Å². The van der Waals surface area contributed by atoms with Gasteiger partial charge in [-0.25, -0.2) is 0 Å². The van der Waals surface area contributed by atoms with Crippen LogP contribution >= 0.6 is 0 Å². The highest BCUT2D eigenvalue weighted by Gasteiger charge is 2.32. The molecule has 0 radical (unpaired) electrons. The van der Waals surface area contributed by atoms with Crippen molar-refractivity contribution < 1.29 is 9.59 Å². The summed E-state index contributed by atoms with van der Waals surface area (Å²) in [6, 6.07) is -0.129. The summed E-state index contributed by atoms with van der Waals surface area (Å²) in [5.41, 5.74) is 5.58. The number of likely N-dealkylation sites (tertiary alicyclic amines) is 1. The van der Waals surface area contributed by atoms with Crippen molar-refractivity contribution in [2.45, 2.75) is 39.2 Å². The number of carbonyl (C=O) groups is 2. The molecule has 1 atom stereocenters. The van der Waals surface area contributed by atoms with Crippen LogP contribution in [0.3, 0.4) is 0 Å². The molecule has 1 unspecified atom stereocenters. The van der Waals surface area contributed by atoms with Crippen LogP contribution in [0.2, 0.25) is 0 Å². The lowest BCUT2D eigenvalue weighted by molar-refractivity contribution is -0.151. The van der Waals surface area contributed by atoms with Gasteiger partial charge in [-0.1, -0.05) is 13.8 Å². The molecule has 2 amide bonds. The van der Waals surface area contributed by atoms with E-state index in [1.165, 1.54) is 4.90 Å². The first-order valence-electron chi connectivity index (χ1n) is 5.13. The minimum absolute atomic E-state index is 0.0644. The molecule has 1 saturated heterocycles. The summed E-state index contributed by atoms with van der Waals surface area (Å²) < 4.78 is 0. The minimum atomic E-state index is -0.129. The standard InChI is InChI=1S/C10H18N2O2/c1-7(2)8(6-11)12-9(13)4-3-5-10(12)14/h7-8H,3-6,11H2,1-2H3. The summed E-state index contributed by atoms with van der Waals surface area (Å²) in [6.45, 7) is 4.31. The zero-order chi connectivity index (χ0) is 10.7. The van der Waals surface area contributed by atoms with Crippen LogP contribution in [0.25, 0.3) is 0 Å². The Morgan fingerprint density at radius 1 is 1.29 bits per heavy atom. The van der Waals surface area contributed by atoms with Crippen LogP contribution in [0.5, 0.6) is 0 Å². The number of nitrogens with zero attached hydrogens (tertiary/aromatic N) is 1. The average molecular weight is 198 g/mol. The molecule has 1 fully saturated rings. The fraction of sp³-hybridized carbons (Fsp3) is 0.800. The van der Waals surface area contributed by atoms with Crippen molar-refractivity contribution in [3.63, 3.8) is 0 Å². The maximum atomic E-state index is 11.6. The number of amides is 2. The second kappa shape index (κ2) is 4.55. The van der Waals surface area contributed by atoms with Gasteiger partial charge >= 0.3 is 0 Å². The largest absolute Gasteiger partial charge is 0.328 e. The molecule has 0 bridgehead atoms. The van der Waals surface area contributed by atoms with E-state index in [4.69, 9.17) is 5.73 Å². The number of hydrogen-bond acceptors (Lipinski definition) is 3. The predicted octanol–water partition coefficient (Wildman–Crippen LogP) is 0.509. The second-order valence-corrected chi connectivity index (χ2v) is 4.06. The fourth-order valence-corrected chi connectivity index (χ4v) is 1.82. The predicted molar refractivity (Wildman–Crippen MR) is 53.4 cm³/mol. The Balaban J connectivity index is 2.80. The summed E-state index contributed by atoms with van der Waals surface area (Å²) in [5, 5.41) is 0. The Morgan fingerprint density at radius 2 is 1.79 bits per heavy atom. The monoisotopic (exact) mass is 198 g/mol. The number of carbonyl (C=O) groups excluding carboxylic acids is 2. The van der Waals surface area contributed by atoms with Crippen LogP contribution in [0, 0.1) is 5.92 Å². The summed E-state index contributed by atoms with van der Waals surface area (Å²) >= 11 is 0. The normalized spacial score (nSPS) is 20.4. The Kier molecular flexibility index (Phi) is 3.63. The molecule has 1 aliphatic heterocycles. The van der Waals surface area contributed by atoms with E-state index in [1.54, 1.807) is 0 Å². The van der Waals surface area contributed by atoms with E-state index in [-0.39, 0.29) is 23.8 Å². The van der Waals surface area contributed by atoms with E-state index in [1.807, 2.05) is 13.8 Å². The molecular weight excluding hydrogens is 180 g/mol. The Labute approximate surface area is 84.4 Å². The van der Waals surface area contributed by atoms with Gasteiger partial charge in [0.15, 0.2) is 0 Å². The van der Waals surface area contributed by atoms with E-state index in [0.717, 1.165) is 0 Å². The molecular formula is C10H18N2O2. The molecule has 0 aromatic carbocycles. The smallest absolute Gasteiger partial charge is 0.229 e. The van der Waals surface area contributed by atoms with Gasteiger partial charge in [0.25, 0.3) is 0 Å². The minimum Gasteiger partial charge on any atom is -0.328 e. The topological polar surface area (TPSA) is 63.4 Å². The molecule has 0 aromatic rings. The molecule has 14 heavy (non-hydrogen) atoms. The van der Waals surface area contributed by atoms with Crippen LogP contribution in [0.1, 0.15) is 33.1 Å². The van der Waals surface area contributed by atoms with Crippen LogP contribution in [0.15, 0.2) is 0 Å². The summed E-state index contributed by atoms with van der Waals surface area (Å²) in [5.74, 6) is 0.0989. The number of hydrogen-bond donors (Lipinski definition) is 1. The number of piperidine rings is 1. The highest BCUT2D eigenvalue weighted by Crippen LogP contribution is 2.19. The van der Waals surface area contributed by atoms with Crippen molar-refractivity contribution in [3.8, 4) is 0 Å². The Morgan fingerprint density at radius 3 is 2.14 bits per heavy atom. The van der Waals surface area contributed by atoms with Crippen molar-refractivity contribution in [1.29, 1.82) is 0 Å². The van der Waals surface area contributed by atoms with Crippen molar-refractivity contribution in [2.24, 2.45) is 11.7 Å². The third kappa shape index (κ3) is 2.12. The van der Waals surface area contributed by atoms with E-state index in [9.17, 15) is 9.59 Å². The summed E-state index contributed by atoms with van der Waals surface area (Å²) in [7, 11) is 0. The number of imide groups is 1. The molecule has 1 rings (SSSR count). The van der Waals surface area contributed by atoms with Gasteiger partial charge in [-0.15, -0.1) is 0 Å². The van der Waals surface area contributed by atoms with E-state index < -0.39 is 0 Å². The second-order valence-electron chi connectivity index (χ2n) is 4.06. The van der Waals surface area contributed by atoms with Gasteiger partial charge in [0.1, 0.15) is 0 Å². The van der Waals surface area contributed by atoms with Crippen molar-refractivity contribution in [1.82, 2.24) is 4.90 Å². The highest BCUT2D eigenvalue weighted by atomic mass is 16.2. The molecule has 1 aliphatic rings. The Bertz CT molecular complexity index is 222. The van der Waals surface area contributed by atoms with E-state index >= 15 is 0 Å². The molecule has 4 nitrogen and oxygen atoms in total. The van der Waals surface area contributed by atoms with Gasteiger partial charge < -0.3 is 5.73 Å². The average Bonchev–Trinajstić information content (AvgIpc) is 2.10. The molecule has 80 valence electrons. The third-order valence-electron chi connectivity index (χ3n) is 2.66. The van der Waals surface area contributed by atoms with Crippen LogP contribution in [-0.2, 0) is 9.59 Å². The van der Waals surface area contributed by atoms with Gasteiger partial charge in [0.2, 0.25) is 11.8 Å². The van der Waals surface area contributed by atoms with Gasteiger partial charge in [0.05, 0.1) is 6.04 Å². The molecule has 0 saturated carbocycles. The van der Waals surface area contributed by atoms with E-state index in [2.05, 4.69) is 0 Å². The molecule has 1 heterocycles. The highest BCUT2D eigenvalue weighted by molar-refractivity contribution is 5.97. The zero-order valence-corrected chi connectivity index (χ0v) is 8.82. The lowest BCUT2D eigenvalue weighted by atomic mass is 9.99. The van der Waals surface area contributed by atoms with Gasteiger partial charge in [-0.3, -0.25) is 14.5 Å². The first-order valence-corrected chi connectivity index (χ1v) is 5.13.